The highest BCUT2D eigenvalue weighted by Crippen LogP contribution is 2.31. The van der Waals surface area contributed by atoms with Gasteiger partial charge in [0, 0.05) is 51.2 Å². The van der Waals surface area contributed by atoms with Gasteiger partial charge in [0.15, 0.2) is 5.96 Å². The Morgan fingerprint density at radius 1 is 0.939 bits per heavy atom. The molecule has 1 amide bonds. The zero-order valence-corrected chi connectivity index (χ0v) is 23.1. The van der Waals surface area contributed by atoms with E-state index in [1.165, 1.54) is 58.3 Å². The number of ether oxygens (including phenoxy) is 1. The van der Waals surface area contributed by atoms with Crippen molar-refractivity contribution in [3.63, 3.8) is 0 Å². The molecule has 1 N–H and O–H groups in total. The molecule has 9 heteroatoms. The van der Waals surface area contributed by atoms with Crippen molar-refractivity contribution in [2.24, 2.45) is 10.9 Å². The number of aliphatic imine (C=N–C) groups is 1. The number of carbonyl (C=O) groups is 1. The molecule has 4 aliphatic rings. The van der Waals surface area contributed by atoms with Gasteiger partial charge in [0.25, 0.3) is 0 Å². The van der Waals surface area contributed by atoms with Gasteiger partial charge in [-0.15, -0.1) is 24.0 Å². The molecule has 4 fully saturated rings. The Labute approximate surface area is 217 Å². The summed E-state index contributed by atoms with van der Waals surface area (Å²) in [4.78, 5) is 27.1. The molecule has 0 unspecified atom stereocenters. The molecule has 0 aromatic heterocycles. The number of hydrogen-bond acceptors (Lipinski definition) is 5. The maximum atomic E-state index is 12.9. The van der Waals surface area contributed by atoms with Crippen LogP contribution < -0.4 is 5.32 Å². The molecular weight excluding hydrogens is 531 g/mol. The molecular formula is C24H45IN6O2. The average Bonchev–Trinajstić information content (AvgIpc) is 2.87. The smallest absolute Gasteiger partial charge is 0.225 e. The van der Waals surface area contributed by atoms with Crippen LogP contribution in [0.15, 0.2) is 4.99 Å². The maximum absolute atomic E-state index is 12.9. The van der Waals surface area contributed by atoms with Crippen LogP contribution in [0, 0.1) is 5.92 Å². The van der Waals surface area contributed by atoms with E-state index in [-0.39, 0.29) is 35.4 Å². The van der Waals surface area contributed by atoms with E-state index in [9.17, 15) is 4.79 Å². The standard InChI is InChI=1S/C24H44N6O2.HI/c1-25-23(29-12-6-21(7-13-29)22(31)28-16-18-32-19-17-28)26-20-24(8-14-27(2)15-9-24)30-10-4-3-5-11-30;/h21H,3-20H2,1-2H3,(H,25,26);1H. The lowest BCUT2D eigenvalue weighted by Crippen LogP contribution is -2.62. The molecule has 0 saturated carbocycles. The number of guanidine groups is 1. The van der Waals surface area contributed by atoms with Crippen molar-refractivity contribution in [2.75, 3.05) is 86.2 Å². The Morgan fingerprint density at radius 2 is 1.58 bits per heavy atom. The van der Waals surface area contributed by atoms with E-state index in [1.807, 2.05) is 11.9 Å². The number of halogens is 1. The van der Waals surface area contributed by atoms with Gasteiger partial charge >= 0.3 is 0 Å². The van der Waals surface area contributed by atoms with Gasteiger partial charge in [0.2, 0.25) is 5.91 Å². The predicted molar refractivity (Wildman–Crippen MR) is 143 cm³/mol. The number of piperidine rings is 3. The molecule has 4 rings (SSSR count). The maximum Gasteiger partial charge on any atom is 0.225 e. The summed E-state index contributed by atoms with van der Waals surface area (Å²) in [6.45, 7) is 10.4. The number of hydrogen-bond donors (Lipinski definition) is 1. The molecule has 190 valence electrons. The SMILES string of the molecule is CN=C(NCC1(N2CCCCC2)CCN(C)CC1)N1CCC(C(=O)N2CCOCC2)CC1.I. The van der Waals surface area contributed by atoms with Crippen LogP contribution in [0.1, 0.15) is 44.9 Å². The van der Waals surface area contributed by atoms with Crippen molar-refractivity contribution in [1.29, 1.82) is 0 Å². The molecule has 0 bridgehead atoms. The minimum atomic E-state index is 0. The highest BCUT2D eigenvalue weighted by Gasteiger charge is 2.40. The quantitative estimate of drug-likeness (QED) is 0.313. The van der Waals surface area contributed by atoms with Crippen molar-refractivity contribution in [3.05, 3.63) is 0 Å². The number of morpholine rings is 1. The van der Waals surface area contributed by atoms with Gasteiger partial charge in [-0.3, -0.25) is 14.7 Å². The molecule has 4 saturated heterocycles. The lowest BCUT2D eigenvalue weighted by atomic mass is 9.84. The first-order chi connectivity index (χ1) is 15.6. The van der Waals surface area contributed by atoms with Gasteiger partial charge in [0.1, 0.15) is 0 Å². The van der Waals surface area contributed by atoms with Gasteiger partial charge in [-0.1, -0.05) is 6.42 Å². The van der Waals surface area contributed by atoms with Crippen LogP contribution in [-0.4, -0.2) is 123 Å². The topological polar surface area (TPSA) is 63.7 Å². The van der Waals surface area contributed by atoms with Gasteiger partial charge in [-0.25, -0.2) is 0 Å². The first-order valence-corrected chi connectivity index (χ1v) is 12.9. The normalized spacial score (nSPS) is 26.1. The van der Waals surface area contributed by atoms with E-state index in [0.29, 0.717) is 19.1 Å². The fourth-order valence-corrected chi connectivity index (χ4v) is 5.96. The zero-order chi connectivity index (χ0) is 22.4. The van der Waals surface area contributed by atoms with Crippen molar-refractivity contribution in [2.45, 2.75) is 50.5 Å². The average molecular weight is 577 g/mol. The van der Waals surface area contributed by atoms with Gasteiger partial charge in [-0.2, -0.15) is 0 Å². The van der Waals surface area contributed by atoms with Crippen LogP contribution in [-0.2, 0) is 9.53 Å². The third-order valence-electron chi connectivity index (χ3n) is 8.20. The molecule has 0 atom stereocenters. The molecule has 0 aliphatic carbocycles. The Kier molecular flexibility index (Phi) is 10.5. The summed E-state index contributed by atoms with van der Waals surface area (Å²) in [5, 5.41) is 3.77. The molecule has 0 radical (unpaired) electrons. The monoisotopic (exact) mass is 576 g/mol. The first-order valence-electron chi connectivity index (χ1n) is 12.9. The van der Waals surface area contributed by atoms with E-state index in [4.69, 9.17) is 4.74 Å². The summed E-state index contributed by atoms with van der Waals surface area (Å²) in [6, 6.07) is 0. The number of nitrogens with zero attached hydrogens (tertiary/aromatic N) is 5. The highest BCUT2D eigenvalue weighted by molar-refractivity contribution is 14.0. The van der Waals surface area contributed by atoms with Crippen LogP contribution in [0.25, 0.3) is 0 Å². The Hall–Kier alpha value is -0.650. The fraction of sp³-hybridized carbons (Fsp3) is 0.917. The van der Waals surface area contributed by atoms with Crippen LogP contribution in [0.4, 0.5) is 0 Å². The number of carbonyl (C=O) groups excluding carboxylic acids is 1. The number of nitrogens with one attached hydrogen (secondary N) is 1. The summed E-state index contributed by atoms with van der Waals surface area (Å²) < 4.78 is 5.40. The van der Waals surface area contributed by atoms with E-state index in [0.717, 1.165) is 51.5 Å². The van der Waals surface area contributed by atoms with Crippen LogP contribution in [0.5, 0.6) is 0 Å². The van der Waals surface area contributed by atoms with Crippen LogP contribution >= 0.6 is 24.0 Å². The fourth-order valence-electron chi connectivity index (χ4n) is 5.96. The van der Waals surface area contributed by atoms with Crippen molar-refractivity contribution in [1.82, 2.24) is 24.9 Å². The van der Waals surface area contributed by atoms with Gasteiger partial charge in [0.05, 0.1) is 13.2 Å². The molecule has 8 nitrogen and oxygen atoms in total. The van der Waals surface area contributed by atoms with Crippen LogP contribution in [0.3, 0.4) is 0 Å². The lowest BCUT2D eigenvalue weighted by molar-refractivity contribution is -0.140. The minimum Gasteiger partial charge on any atom is -0.378 e. The van der Waals surface area contributed by atoms with E-state index >= 15 is 0 Å². The molecule has 0 aromatic rings. The van der Waals surface area contributed by atoms with Gasteiger partial charge < -0.3 is 24.8 Å². The van der Waals surface area contributed by atoms with E-state index in [1.54, 1.807) is 0 Å². The summed E-state index contributed by atoms with van der Waals surface area (Å²) in [5.74, 6) is 1.49. The Morgan fingerprint density at radius 3 is 2.18 bits per heavy atom. The summed E-state index contributed by atoms with van der Waals surface area (Å²) in [7, 11) is 4.14. The summed E-state index contributed by atoms with van der Waals surface area (Å²) in [5.41, 5.74) is 0.244. The van der Waals surface area contributed by atoms with Crippen molar-refractivity contribution >= 4 is 35.8 Å². The molecule has 0 spiro atoms. The van der Waals surface area contributed by atoms with Crippen molar-refractivity contribution in [3.8, 4) is 0 Å². The second-order valence-corrected chi connectivity index (χ2v) is 10.2. The largest absolute Gasteiger partial charge is 0.378 e. The molecule has 4 heterocycles. The molecule has 4 aliphatic heterocycles. The molecule has 0 aromatic carbocycles. The van der Waals surface area contributed by atoms with E-state index in [2.05, 4.69) is 32.1 Å². The second-order valence-electron chi connectivity index (χ2n) is 10.2. The third kappa shape index (κ3) is 6.73. The second kappa shape index (κ2) is 12.9. The Balaban J connectivity index is 0.00000306. The van der Waals surface area contributed by atoms with E-state index < -0.39 is 0 Å². The van der Waals surface area contributed by atoms with Gasteiger partial charge in [-0.05, 0) is 71.8 Å². The summed E-state index contributed by atoms with van der Waals surface area (Å²) in [6.07, 6.45) is 8.32. The minimum absolute atomic E-state index is 0. The molecule has 33 heavy (non-hydrogen) atoms. The Bertz CT molecular complexity index is 635. The van der Waals surface area contributed by atoms with Crippen LogP contribution in [0.2, 0.25) is 0 Å². The number of amides is 1. The highest BCUT2D eigenvalue weighted by atomic mass is 127. The lowest BCUT2D eigenvalue weighted by Gasteiger charge is -2.50. The summed E-state index contributed by atoms with van der Waals surface area (Å²) >= 11 is 0. The predicted octanol–water partition coefficient (Wildman–Crippen LogP) is 1.70. The third-order valence-corrected chi connectivity index (χ3v) is 8.20. The zero-order valence-electron chi connectivity index (χ0n) is 20.8. The number of likely N-dealkylation sites (tertiary alicyclic amines) is 3. The first kappa shape index (κ1) is 26.9. The number of rotatable bonds is 4. The van der Waals surface area contributed by atoms with Crippen molar-refractivity contribution < 1.29 is 9.53 Å².